The molecule has 2 rings (SSSR count). The van der Waals surface area contributed by atoms with Crippen molar-refractivity contribution in [3.63, 3.8) is 0 Å². The molecule has 0 bridgehead atoms. The summed E-state index contributed by atoms with van der Waals surface area (Å²) in [7, 11) is 0. The predicted molar refractivity (Wildman–Crippen MR) is 66.7 cm³/mol. The number of anilines is 1. The summed E-state index contributed by atoms with van der Waals surface area (Å²) in [4.78, 5) is 28.5. The molecule has 0 aromatic carbocycles. The van der Waals surface area contributed by atoms with Crippen LogP contribution in [0, 0.1) is 5.92 Å². The topological polar surface area (TPSA) is 72.6 Å². The van der Waals surface area contributed by atoms with Gasteiger partial charge in [-0.3, -0.25) is 9.69 Å². The summed E-state index contributed by atoms with van der Waals surface area (Å²) >= 11 is 3.35. The lowest BCUT2D eigenvalue weighted by atomic mass is 10.2. The van der Waals surface area contributed by atoms with E-state index in [1.165, 1.54) is 11.1 Å². The van der Waals surface area contributed by atoms with Crippen LogP contribution in [0.15, 0.2) is 10.6 Å². The molecule has 0 radical (unpaired) electrons. The number of alkyl halides is 1. The van der Waals surface area contributed by atoms with E-state index in [2.05, 4.69) is 20.9 Å². The van der Waals surface area contributed by atoms with E-state index in [9.17, 15) is 9.59 Å². The molecule has 1 aliphatic heterocycles. The second kappa shape index (κ2) is 5.51. The number of amides is 1. The van der Waals surface area contributed by atoms with Crippen LogP contribution in [0.1, 0.15) is 23.9 Å². The van der Waals surface area contributed by atoms with E-state index in [0.29, 0.717) is 13.0 Å². The van der Waals surface area contributed by atoms with Crippen LogP contribution in [0.25, 0.3) is 0 Å². The standard InChI is InChI=1S/C11H13BrN2O4/c1-2-17-10(16)8-5-13-11(18-8)14-6-7(4-12)3-9(14)15/h5,7H,2-4,6H2,1H3. The molecule has 0 saturated carbocycles. The Kier molecular flexibility index (Phi) is 4.00. The molecule has 0 N–H and O–H groups in total. The molecule has 2 heterocycles. The van der Waals surface area contributed by atoms with Crippen molar-refractivity contribution in [3.8, 4) is 0 Å². The minimum Gasteiger partial charge on any atom is -0.460 e. The molecule has 0 aliphatic carbocycles. The summed E-state index contributed by atoms with van der Waals surface area (Å²) in [5, 5.41) is 0.751. The van der Waals surface area contributed by atoms with Gasteiger partial charge in [-0.25, -0.2) is 9.78 Å². The summed E-state index contributed by atoms with van der Waals surface area (Å²) in [6.45, 7) is 2.52. The lowest BCUT2D eigenvalue weighted by Crippen LogP contribution is -2.24. The van der Waals surface area contributed by atoms with Crippen LogP contribution in [0.4, 0.5) is 6.01 Å². The molecule has 1 aromatic rings. The van der Waals surface area contributed by atoms with Crippen LogP contribution in [0.3, 0.4) is 0 Å². The Morgan fingerprint density at radius 1 is 1.72 bits per heavy atom. The molecule has 1 fully saturated rings. The molecule has 98 valence electrons. The Bertz CT molecular complexity index is 460. The Morgan fingerprint density at radius 2 is 2.50 bits per heavy atom. The van der Waals surface area contributed by atoms with Gasteiger partial charge in [-0.2, -0.15) is 0 Å². The van der Waals surface area contributed by atoms with E-state index in [-0.39, 0.29) is 30.2 Å². The number of aromatic nitrogens is 1. The van der Waals surface area contributed by atoms with Crippen molar-refractivity contribution in [2.75, 3.05) is 23.4 Å². The normalized spacial score (nSPS) is 19.3. The quantitative estimate of drug-likeness (QED) is 0.623. The fourth-order valence-corrected chi connectivity index (χ4v) is 2.19. The van der Waals surface area contributed by atoms with Crippen molar-refractivity contribution in [1.29, 1.82) is 0 Å². The molecule has 7 heteroatoms. The van der Waals surface area contributed by atoms with Gasteiger partial charge in [-0.05, 0) is 12.8 Å². The first kappa shape index (κ1) is 13.1. The predicted octanol–water partition coefficient (Wildman–Crippen LogP) is 1.60. The number of rotatable bonds is 4. The number of hydrogen-bond acceptors (Lipinski definition) is 5. The second-order valence-corrected chi connectivity index (χ2v) is 4.60. The maximum atomic E-state index is 11.7. The molecule has 1 atom stereocenters. The van der Waals surface area contributed by atoms with Gasteiger partial charge in [-0.15, -0.1) is 0 Å². The van der Waals surface area contributed by atoms with Crippen LogP contribution in [-0.2, 0) is 9.53 Å². The molecule has 1 amide bonds. The number of carbonyl (C=O) groups excluding carboxylic acids is 2. The molecule has 1 saturated heterocycles. The smallest absolute Gasteiger partial charge is 0.376 e. The number of nitrogens with zero attached hydrogens (tertiary/aromatic N) is 2. The SMILES string of the molecule is CCOC(=O)c1cnc(N2CC(CBr)CC2=O)o1. The molecule has 1 unspecified atom stereocenters. The zero-order valence-corrected chi connectivity index (χ0v) is 11.5. The summed E-state index contributed by atoms with van der Waals surface area (Å²) in [6, 6.07) is 0.159. The summed E-state index contributed by atoms with van der Waals surface area (Å²) < 4.78 is 10.0. The molecule has 6 nitrogen and oxygen atoms in total. The van der Waals surface area contributed by atoms with Crippen LogP contribution in [0.5, 0.6) is 0 Å². The van der Waals surface area contributed by atoms with E-state index in [0.717, 1.165) is 5.33 Å². The third-order valence-electron chi connectivity index (χ3n) is 2.62. The average molecular weight is 317 g/mol. The van der Waals surface area contributed by atoms with Crippen molar-refractivity contribution in [3.05, 3.63) is 12.0 Å². The third-order valence-corrected chi connectivity index (χ3v) is 3.54. The van der Waals surface area contributed by atoms with Crippen LogP contribution in [-0.4, -0.2) is 35.3 Å². The van der Waals surface area contributed by atoms with Gasteiger partial charge in [0.1, 0.15) is 0 Å². The molecule has 0 spiro atoms. The van der Waals surface area contributed by atoms with Gasteiger partial charge >= 0.3 is 12.0 Å². The minimum atomic E-state index is -0.570. The number of hydrogen-bond donors (Lipinski definition) is 0. The van der Waals surface area contributed by atoms with Crippen molar-refractivity contribution >= 4 is 33.8 Å². The average Bonchev–Trinajstić information content (AvgIpc) is 2.95. The monoisotopic (exact) mass is 316 g/mol. The number of carbonyl (C=O) groups is 2. The molecular weight excluding hydrogens is 304 g/mol. The maximum absolute atomic E-state index is 11.7. The minimum absolute atomic E-state index is 0.0157. The van der Waals surface area contributed by atoms with Gasteiger partial charge in [0.15, 0.2) is 0 Å². The van der Waals surface area contributed by atoms with E-state index < -0.39 is 5.97 Å². The van der Waals surface area contributed by atoms with Crippen molar-refractivity contribution in [2.45, 2.75) is 13.3 Å². The Labute approximate surface area is 112 Å². The van der Waals surface area contributed by atoms with Gasteiger partial charge in [0.2, 0.25) is 11.7 Å². The van der Waals surface area contributed by atoms with Crippen LogP contribution < -0.4 is 4.90 Å². The summed E-state index contributed by atoms with van der Waals surface area (Å²) in [6.07, 6.45) is 1.74. The molecule has 1 aliphatic rings. The first-order valence-electron chi connectivity index (χ1n) is 5.65. The van der Waals surface area contributed by atoms with Crippen LogP contribution in [0.2, 0.25) is 0 Å². The largest absolute Gasteiger partial charge is 0.460 e. The van der Waals surface area contributed by atoms with Gasteiger partial charge in [0, 0.05) is 18.3 Å². The molecule has 1 aromatic heterocycles. The first-order valence-corrected chi connectivity index (χ1v) is 6.77. The maximum Gasteiger partial charge on any atom is 0.376 e. The number of esters is 1. The second-order valence-electron chi connectivity index (χ2n) is 3.96. The highest BCUT2D eigenvalue weighted by Crippen LogP contribution is 2.25. The Hall–Kier alpha value is -1.37. The van der Waals surface area contributed by atoms with Gasteiger partial charge in [-0.1, -0.05) is 15.9 Å². The molecular formula is C11H13BrN2O4. The highest BCUT2D eigenvalue weighted by atomic mass is 79.9. The van der Waals surface area contributed by atoms with Crippen LogP contribution >= 0.6 is 15.9 Å². The lowest BCUT2D eigenvalue weighted by molar-refractivity contribution is -0.117. The Balaban J connectivity index is 2.11. The fourth-order valence-electron chi connectivity index (χ4n) is 1.76. The molecule has 18 heavy (non-hydrogen) atoms. The summed E-state index contributed by atoms with van der Waals surface area (Å²) in [5.41, 5.74) is 0. The summed E-state index contributed by atoms with van der Waals surface area (Å²) in [5.74, 6) is -0.353. The highest BCUT2D eigenvalue weighted by Gasteiger charge is 2.33. The lowest BCUT2D eigenvalue weighted by Gasteiger charge is -2.10. The van der Waals surface area contributed by atoms with Gasteiger partial charge in [0.25, 0.3) is 0 Å². The fraction of sp³-hybridized carbons (Fsp3) is 0.545. The van der Waals surface area contributed by atoms with Crippen molar-refractivity contribution < 1.29 is 18.7 Å². The number of ether oxygens (including phenoxy) is 1. The van der Waals surface area contributed by atoms with Crippen molar-refractivity contribution in [1.82, 2.24) is 4.98 Å². The first-order chi connectivity index (χ1) is 8.65. The van der Waals surface area contributed by atoms with Gasteiger partial charge in [0.05, 0.1) is 12.8 Å². The zero-order chi connectivity index (χ0) is 13.1. The van der Waals surface area contributed by atoms with Crippen molar-refractivity contribution in [2.24, 2.45) is 5.92 Å². The van der Waals surface area contributed by atoms with E-state index in [1.807, 2.05) is 0 Å². The van der Waals surface area contributed by atoms with E-state index in [4.69, 9.17) is 9.15 Å². The number of oxazole rings is 1. The van der Waals surface area contributed by atoms with Gasteiger partial charge < -0.3 is 9.15 Å². The Morgan fingerprint density at radius 3 is 3.11 bits per heavy atom. The zero-order valence-electron chi connectivity index (χ0n) is 9.89. The van der Waals surface area contributed by atoms with E-state index in [1.54, 1.807) is 6.92 Å². The highest BCUT2D eigenvalue weighted by molar-refractivity contribution is 9.09. The third kappa shape index (κ3) is 2.55. The van der Waals surface area contributed by atoms with E-state index >= 15 is 0 Å². The number of halogens is 1.